The maximum Gasteiger partial charge on any atom is 0.323 e. The van der Waals surface area contributed by atoms with Gasteiger partial charge in [0.1, 0.15) is 17.5 Å². The first-order chi connectivity index (χ1) is 13.6. The monoisotopic (exact) mass is 439 g/mol. The van der Waals surface area contributed by atoms with E-state index in [1.807, 2.05) is 24.3 Å². The number of ether oxygens (including phenoxy) is 2. The molecule has 2 aromatic carbocycles. The number of nitrogens with one attached hydrogen (secondary N) is 1. The SMILES string of the molecule is COc1ccc(CSC(C)(C)[C@@H](NS(=O)(=O)c2ccc(OC)cc2)C(=O)O)cc1. The predicted molar refractivity (Wildman–Crippen MR) is 113 cm³/mol. The average Bonchev–Trinajstić information content (AvgIpc) is 2.70. The number of benzene rings is 2. The van der Waals surface area contributed by atoms with Gasteiger partial charge >= 0.3 is 5.97 Å². The zero-order chi connectivity index (χ0) is 21.7. The Morgan fingerprint density at radius 2 is 1.52 bits per heavy atom. The van der Waals surface area contributed by atoms with Crippen LogP contribution in [0.3, 0.4) is 0 Å². The van der Waals surface area contributed by atoms with Crippen LogP contribution in [-0.4, -0.2) is 44.5 Å². The third-order valence-corrected chi connectivity index (χ3v) is 7.25. The second kappa shape index (κ2) is 9.51. The number of carboxylic acid groups (broad SMARTS) is 1. The van der Waals surface area contributed by atoms with Crippen LogP contribution in [0.15, 0.2) is 53.4 Å². The highest BCUT2D eigenvalue weighted by Gasteiger charge is 2.39. The number of carbonyl (C=O) groups is 1. The van der Waals surface area contributed by atoms with Crippen LogP contribution in [0.2, 0.25) is 0 Å². The number of carboxylic acids is 1. The molecule has 9 heteroatoms. The molecule has 29 heavy (non-hydrogen) atoms. The Hall–Kier alpha value is -2.23. The first-order valence-electron chi connectivity index (χ1n) is 8.75. The lowest BCUT2D eigenvalue weighted by Crippen LogP contribution is -2.52. The normalized spacial score (nSPS) is 13.0. The minimum atomic E-state index is -4.02. The molecule has 0 radical (unpaired) electrons. The summed E-state index contributed by atoms with van der Waals surface area (Å²) in [5, 5.41) is 9.69. The topological polar surface area (TPSA) is 102 Å². The molecule has 158 valence electrons. The van der Waals surface area contributed by atoms with Crippen LogP contribution in [-0.2, 0) is 20.6 Å². The zero-order valence-electron chi connectivity index (χ0n) is 16.7. The Morgan fingerprint density at radius 3 is 1.97 bits per heavy atom. The molecule has 2 rings (SSSR count). The van der Waals surface area contributed by atoms with Crippen LogP contribution in [0.1, 0.15) is 19.4 Å². The Balaban J connectivity index is 2.15. The van der Waals surface area contributed by atoms with Crippen molar-refractivity contribution in [1.82, 2.24) is 4.72 Å². The lowest BCUT2D eigenvalue weighted by molar-refractivity contribution is -0.139. The van der Waals surface area contributed by atoms with E-state index in [-0.39, 0.29) is 4.90 Å². The van der Waals surface area contributed by atoms with E-state index in [4.69, 9.17) is 9.47 Å². The van der Waals surface area contributed by atoms with Crippen molar-refractivity contribution in [3.8, 4) is 11.5 Å². The van der Waals surface area contributed by atoms with Crippen LogP contribution < -0.4 is 14.2 Å². The number of aliphatic carboxylic acids is 1. The molecule has 2 N–H and O–H groups in total. The van der Waals surface area contributed by atoms with Gasteiger partial charge in [-0.05, 0) is 55.8 Å². The third-order valence-electron chi connectivity index (χ3n) is 4.35. The largest absolute Gasteiger partial charge is 0.497 e. The van der Waals surface area contributed by atoms with Gasteiger partial charge in [0.15, 0.2) is 0 Å². The molecule has 0 aromatic heterocycles. The number of sulfonamides is 1. The highest BCUT2D eigenvalue weighted by Crippen LogP contribution is 2.33. The molecule has 0 fully saturated rings. The van der Waals surface area contributed by atoms with Gasteiger partial charge in [0.25, 0.3) is 0 Å². The van der Waals surface area contributed by atoms with Gasteiger partial charge in [-0.1, -0.05) is 12.1 Å². The van der Waals surface area contributed by atoms with Crippen molar-refractivity contribution in [2.45, 2.75) is 35.3 Å². The Bertz CT molecular complexity index is 924. The van der Waals surface area contributed by atoms with Gasteiger partial charge in [-0.2, -0.15) is 4.72 Å². The first-order valence-corrected chi connectivity index (χ1v) is 11.2. The van der Waals surface area contributed by atoms with Gasteiger partial charge < -0.3 is 14.6 Å². The van der Waals surface area contributed by atoms with Crippen LogP contribution in [0.25, 0.3) is 0 Å². The van der Waals surface area contributed by atoms with Crippen molar-refractivity contribution in [3.05, 3.63) is 54.1 Å². The number of hydrogen-bond donors (Lipinski definition) is 2. The Labute approximate surface area is 175 Å². The molecule has 1 atom stereocenters. The second-order valence-corrected chi connectivity index (χ2v) is 10.2. The third kappa shape index (κ3) is 6.12. The lowest BCUT2D eigenvalue weighted by atomic mass is 10.1. The van der Waals surface area contributed by atoms with Crippen molar-refractivity contribution < 1.29 is 27.8 Å². The number of rotatable bonds is 10. The van der Waals surface area contributed by atoms with Gasteiger partial charge in [-0.3, -0.25) is 4.79 Å². The fourth-order valence-corrected chi connectivity index (χ4v) is 5.01. The van der Waals surface area contributed by atoms with Crippen LogP contribution in [0.4, 0.5) is 0 Å². The molecule has 0 heterocycles. The van der Waals surface area contributed by atoms with E-state index < -0.39 is 26.8 Å². The summed E-state index contributed by atoms with van der Waals surface area (Å²) in [4.78, 5) is 11.8. The Kier molecular flexibility index (Phi) is 7.56. The van der Waals surface area contributed by atoms with E-state index in [0.29, 0.717) is 11.5 Å². The van der Waals surface area contributed by atoms with Crippen molar-refractivity contribution in [2.24, 2.45) is 0 Å². The molecule has 2 aromatic rings. The molecule has 0 amide bonds. The summed E-state index contributed by atoms with van der Waals surface area (Å²) in [6.07, 6.45) is 0. The average molecular weight is 440 g/mol. The summed E-state index contributed by atoms with van der Waals surface area (Å²) in [5.74, 6) is 0.516. The molecule has 0 saturated carbocycles. The summed E-state index contributed by atoms with van der Waals surface area (Å²) < 4.78 is 37.0. The molecule has 0 saturated heterocycles. The van der Waals surface area contributed by atoms with E-state index in [0.717, 1.165) is 11.3 Å². The maximum absolute atomic E-state index is 12.7. The summed E-state index contributed by atoms with van der Waals surface area (Å²) in [7, 11) is -0.961. The fraction of sp³-hybridized carbons (Fsp3) is 0.350. The van der Waals surface area contributed by atoms with Crippen LogP contribution >= 0.6 is 11.8 Å². The summed E-state index contributed by atoms with van der Waals surface area (Å²) in [6, 6.07) is 11.9. The molecule has 0 bridgehead atoms. The highest BCUT2D eigenvalue weighted by atomic mass is 32.2. The smallest absolute Gasteiger partial charge is 0.323 e. The molecule has 0 aliphatic carbocycles. The van der Waals surface area contributed by atoms with Gasteiger partial charge in [0, 0.05) is 10.5 Å². The van der Waals surface area contributed by atoms with Gasteiger partial charge in [0.2, 0.25) is 10.0 Å². The minimum Gasteiger partial charge on any atom is -0.497 e. The molecule has 7 nitrogen and oxygen atoms in total. The first kappa shape index (κ1) is 23.1. The molecular weight excluding hydrogens is 414 g/mol. The van der Waals surface area contributed by atoms with Gasteiger partial charge in [-0.25, -0.2) is 8.42 Å². The van der Waals surface area contributed by atoms with Crippen LogP contribution in [0.5, 0.6) is 11.5 Å². The number of methoxy groups -OCH3 is 2. The standard InChI is InChI=1S/C20H25NO6S2/c1-20(2,28-13-14-5-7-15(26-3)8-6-14)18(19(22)23)21-29(24,25)17-11-9-16(27-4)10-12-17/h5-12,18,21H,13H2,1-4H3,(H,22,23)/t18-/m0/s1. The van der Waals surface area contributed by atoms with Crippen molar-refractivity contribution in [2.75, 3.05) is 14.2 Å². The molecule has 0 spiro atoms. The van der Waals surface area contributed by atoms with Crippen molar-refractivity contribution in [1.29, 1.82) is 0 Å². The number of thioether (sulfide) groups is 1. The Morgan fingerprint density at radius 1 is 1.03 bits per heavy atom. The lowest BCUT2D eigenvalue weighted by Gasteiger charge is -2.31. The maximum atomic E-state index is 12.7. The second-order valence-electron chi connectivity index (χ2n) is 6.81. The molecular formula is C20H25NO6S2. The molecule has 0 aliphatic rings. The van der Waals surface area contributed by atoms with Gasteiger partial charge in [-0.15, -0.1) is 11.8 Å². The van der Waals surface area contributed by atoms with E-state index in [1.165, 1.54) is 43.1 Å². The van der Waals surface area contributed by atoms with E-state index in [9.17, 15) is 18.3 Å². The van der Waals surface area contributed by atoms with E-state index >= 15 is 0 Å². The van der Waals surface area contributed by atoms with E-state index in [2.05, 4.69) is 4.72 Å². The fourth-order valence-electron chi connectivity index (χ4n) is 2.54. The summed E-state index contributed by atoms with van der Waals surface area (Å²) in [5.41, 5.74) is 0.978. The zero-order valence-corrected chi connectivity index (χ0v) is 18.3. The van der Waals surface area contributed by atoms with Crippen molar-refractivity contribution in [3.63, 3.8) is 0 Å². The molecule has 0 unspecified atom stereocenters. The van der Waals surface area contributed by atoms with Gasteiger partial charge in [0.05, 0.1) is 19.1 Å². The molecule has 0 aliphatic heterocycles. The quantitative estimate of drug-likeness (QED) is 0.586. The minimum absolute atomic E-state index is 0.0273. The summed E-state index contributed by atoms with van der Waals surface area (Å²) >= 11 is 1.36. The van der Waals surface area contributed by atoms with E-state index in [1.54, 1.807) is 21.0 Å². The number of hydrogen-bond acceptors (Lipinski definition) is 6. The van der Waals surface area contributed by atoms with Crippen molar-refractivity contribution >= 4 is 27.8 Å². The van der Waals surface area contributed by atoms with Crippen LogP contribution in [0, 0.1) is 0 Å². The summed E-state index contributed by atoms with van der Waals surface area (Å²) in [6.45, 7) is 3.41. The predicted octanol–water partition coefficient (Wildman–Crippen LogP) is 3.15. The highest BCUT2D eigenvalue weighted by molar-refractivity contribution is 8.00.